The number of furan rings is 1. The highest BCUT2D eigenvalue weighted by Crippen LogP contribution is 2.31. The van der Waals surface area contributed by atoms with Gasteiger partial charge in [-0.1, -0.05) is 41.1 Å². The Morgan fingerprint density at radius 2 is 2.09 bits per heavy atom. The van der Waals surface area contributed by atoms with Crippen molar-refractivity contribution in [3.05, 3.63) is 59.5 Å². The van der Waals surface area contributed by atoms with Gasteiger partial charge in [0.05, 0.1) is 11.3 Å². The minimum Gasteiger partial charge on any atom is -0.465 e. The smallest absolute Gasteiger partial charge is 0.250 e. The monoisotopic (exact) mass is 331 g/mol. The molecule has 0 saturated heterocycles. The first-order valence-corrected chi connectivity index (χ1v) is 7.53. The minimum absolute atomic E-state index is 0.307. The van der Waals surface area contributed by atoms with Crippen molar-refractivity contribution < 1.29 is 9.21 Å². The van der Waals surface area contributed by atoms with Crippen molar-refractivity contribution in [3.63, 3.8) is 0 Å². The lowest BCUT2D eigenvalue weighted by atomic mass is 10.2. The maximum absolute atomic E-state index is 11.8. The van der Waals surface area contributed by atoms with Crippen molar-refractivity contribution in [1.82, 2.24) is 10.2 Å². The van der Waals surface area contributed by atoms with Gasteiger partial charge in [-0.05, 0) is 24.3 Å². The van der Waals surface area contributed by atoms with Crippen LogP contribution in [0.3, 0.4) is 0 Å². The summed E-state index contributed by atoms with van der Waals surface area (Å²) in [6.07, 6.45) is 4.49. The molecule has 0 aliphatic heterocycles. The van der Waals surface area contributed by atoms with Gasteiger partial charge in [0, 0.05) is 11.6 Å². The molecule has 0 bridgehead atoms. The average Bonchev–Trinajstić information content (AvgIpc) is 3.17. The first-order valence-electron chi connectivity index (χ1n) is 6.33. The van der Waals surface area contributed by atoms with E-state index in [1.54, 1.807) is 24.3 Å². The van der Waals surface area contributed by atoms with Gasteiger partial charge in [-0.25, -0.2) is 0 Å². The molecule has 22 heavy (non-hydrogen) atoms. The summed E-state index contributed by atoms with van der Waals surface area (Å²) < 4.78 is 5.10. The second kappa shape index (κ2) is 6.55. The second-order valence-corrected chi connectivity index (χ2v) is 5.61. The maximum Gasteiger partial charge on any atom is 0.250 e. The molecule has 0 aliphatic rings. The molecule has 0 atom stereocenters. The summed E-state index contributed by atoms with van der Waals surface area (Å²) in [7, 11) is 0. The van der Waals surface area contributed by atoms with E-state index in [2.05, 4.69) is 15.5 Å². The molecule has 1 aromatic carbocycles. The topological polar surface area (TPSA) is 68.0 Å². The zero-order valence-electron chi connectivity index (χ0n) is 11.2. The number of amides is 1. The molecule has 1 amide bonds. The SMILES string of the molecule is O=C(/C=C/c1ccco1)Nc1nnc(-c2ccccc2Cl)s1. The van der Waals surface area contributed by atoms with Gasteiger partial charge in [0.2, 0.25) is 11.0 Å². The Morgan fingerprint density at radius 3 is 2.86 bits per heavy atom. The van der Waals surface area contributed by atoms with Crippen molar-refractivity contribution in [3.8, 4) is 10.6 Å². The normalized spacial score (nSPS) is 11.0. The number of halogens is 1. The maximum atomic E-state index is 11.8. The standard InChI is InChI=1S/C15H10ClN3O2S/c16-12-6-2-1-5-11(12)14-18-19-15(22-14)17-13(20)8-7-10-4-3-9-21-10/h1-9H,(H,17,19,20)/b8-7+. The first kappa shape index (κ1) is 14.5. The molecule has 3 rings (SSSR count). The van der Waals surface area contributed by atoms with Crippen molar-refractivity contribution in [1.29, 1.82) is 0 Å². The van der Waals surface area contributed by atoms with Crippen LogP contribution in [-0.2, 0) is 4.79 Å². The van der Waals surface area contributed by atoms with Crippen molar-refractivity contribution in [2.45, 2.75) is 0 Å². The number of rotatable bonds is 4. The highest BCUT2D eigenvalue weighted by Gasteiger charge is 2.10. The van der Waals surface area contributed by atoms with Crippen LogP contribution in [-0.4, -0.2) is 16.1 Å². The number of hydrogen-bond acceptors (Lipinski definition) is 5. The Bertz CT molecular complexity index is 812. The highest BCUT2D eigenvalue weighted by atomic mass is 35.5. The van der Waals surface area contributed by atoms with E-state index in [1.807, 2.05) is 18.2 Å². The van der Waals surface area contributed by atoms with Crippen molar-refractivity contribution in [2.75, 3.05) is 5.32 Å². The molecule has 2 heterocycles. The summed E-state index contributed by atoms with van der Waals surface area (Å²) in [6, 6.07) is 10.8. The van der Waals surface area contributed by atoms with Crippen LogP contribution in [0, 0.1) is 0 Å². The summed E-state index contributed by atoms with van der Waals surface area (Å²) in [5.74, 6) is 0.294. The van der Waals surface area contributed by atoms with Crippen molar-refractivity contribution >= 4 is 40.1 Å². The van der Waals surface area contributed by atoms with Crippen LogP contribution in [0.4, 0.5) is 5.13 Å². The first-order chi connectivity index (χ1) is 10.7. The Balaban J connectivity index is 1.69. The second-order valence-electron chi connectivity index (χ2n) is 4.23. The van der Waals surface area contributed by atoms with Gasteiger partial charge in [-0.3, -0.25) is 10.1 Å². The number of anilines is 1. The quantitative estimate of drug-likeness (QED) is 0.731. The van der Waals surface area contributed by atoms with Gasteiger partial charge in [0.15, 0.2) is 5.01 Å². The number of nitrogens with zero attached hydrogens (tertiary/aromatic N) is 2. The number of nitrogens with one attached hydrogen (secondary N) is 1. The number of hydrogen-bond donors (Lipinski definition) is 1. The summed E-state index contributed by atoms with van der Waals surface area (Å²) in [4.78, 5) is 11.8. The average molecular weight is 332 g/mol. The fourth-order valence-corrected chi connectivity index (χ4v) is 2.78. The van der Waals surface area contributed by atoms with E-state index in [1.165, 1.54) is 23.7 Å². The Hall–Kier alpha value is -2.44. The predicted molar refractivity (Wildman–Crippen MR) is 86.7 cm³/mol. The zero-order chi connectivity index (χ0) is 15.4. The zero-order valence-corrected chi connectivity index (χ0v) is 12.8. The summed E-state index contributed by atoms with van der Waals surface area (Å²) in [5.41, 5.74) is 0.785. The van der Waals surface area contributed by atoms with Crippen LogP contribution in [0.5, 0.6) is 0 Å². The van der Waals surface area contributed by atoms with Gasteiger partial charge in [0.1, 0.15) is 5.76 Å². The van der Waals surface area contributed by atoms with Gasteiger partial charge < -0.3 is 4.42 Å². The molecule has 0 saturated carbocycles. The fraction of sp³-hybridized carbons (Fsp3) is 0. The molecule has 110 valence electrons. The molecule has 0 aliphatic carbocycles. The van der Waals surface area contributed by atoms with E-state index in [4.69, 9.17) is 16.0 Å². The Morgan fingerprint density at radius 1 is 1.23 bits per heavy atom. The van der Waals surface area contributed by atoms with E-state index in [9.17, 15) is 4.79 Å². The molecule has 3 aromatic rings. The molecular formula is C15H10ClN3O2S. The molecule has 2 aromatic heterocycles. The predicted octanol–water partition coefficient (Wildman–Crippen LogP) is 4.10. The largest absolute Gasteiger partial charge is 0.465 e. The molecule has 7 heteroatoms. The molecular weight excluding hydrogens is 322 g/mol. The number of carbonyl (C=O) groups is 1. The minimum atomic E-state index is -0.307. The summed E-state index contributed by atoms with van der Waals surface area (Å²) >= 11 is 7.37. The molecule has 0 unspecified atom stereocenters. The summed E-state index contributed by atoms with van der Waals surface area (Å²) in [6.45, 7) is 0. The third kappa shape index (κ3) is 3.41. The molecule has 0 radical (unpaired) electrons. The van der Waals surface area contributed by atoms with Crippen LogP contribution in [0.15, 0.2) is 53.2 Å². The van der Waals surface area contributed by atoms with E-state index in [-0.39, 0.29) is 5.91 Å². The molecule has 1 N–H and O–H groups in total. The van der Waals surface area contributed by atoms with E-state index >= 15 is 0 Å². The number of benzene rings is 1. The fourth-order valence-electron chi connectivity index (χ4n) is 1.71. The molecule has 5 nitrogen and oxygen atoms in total. The van der Waals surface area contributed by atoms with Crippen LogP contribution < -0.4 is 5.32 Å². The lowest BCUT2D eigenvalue weighted by Crippen LogP contribution is -2.07. The van der Waals surface area contributed by atoms with Gasteiger partial charge in [0.25, 0.3) is 0 Å². The lowest BCUT2D eigenvalue weighted by Gasteiger charge is -1.97. The number of carbonyl (C=O) groups excluding carboxylic acids is 1. The van der Waals surface area contributed by atoms with E-state index < -0.39 is 0 Å². The van der Waals surface area contributed by atoms with Gasteiger partial charge >= 0.3 is 0 Å². The Kier molecular flexibility index (Phi) is 4.32. The van der Waals surface area contributed by atoms with Crippen LogP contribution in [0.2, 0.25) is 5.02 Å². The summed E-state index contributed by atoms with van der Waals surface area (Å²) in [5, 5.41) is 12.3. The van der Waals surface area contributed by atoms with Gasteiger partial charge in [-0.15, -0.1) is 10.2 Å². The third-order valence-electron chi connectivity index (χ3n) is 2.70. The molecule has 0 spiro atoms. The van der Waals surface area contributed by atoms with E-state index in [0.29, 0.717) is 20.9 Å². The third-order valence-corrected chi connectivity index (χ3v) is 3.90. The van der Waals surface area contributed by atoms with E-state index in [0.717, 1.165) is 5.56 Å². The Labute approximate surface area is 135 Å². The van der Waals surface area contributed by atoms with Crippen LogP contribution >= 0.6 is 22.9 Å². The van der Waals surface area contributed by atoms with Crippen LogP contribution in [0.25, 0.3) is 16.6 Å². The van der Waals surface area contributed by atoms with Crippen LogP contribution in [0.1, 0.15) is 5.76 Å². The molecule has 0 fully saturated rings. The number of aromatic nitrogens is 2. The lowest BCUT2D eigenvalue weighted by molar-refractivity contribution is -0.111. The highest BCUT2D eigenvalue weighted by molar-refractivity contribution is 7.18. The van der Waals surface area contributed by atoms with Gasteiger partial charge in [-0.2, -0.15) is 0 Å². The van der Waals surface area contributed by atoms with Crippen molar-refractivity contribution in [2.24, 2.45) is 0 Å².